The summed E-state index contributed by atoms with van der Waals surface area (Å²) in [4.78, 5) is 17.2. The van der Waals surface area contributed by atoms with E-state index in [0.29, 0.717) is 18.0 Å². The molecule has 2 aromatic carbocycles. The van der Waals surface area contributed by atoms with Gasteiger partial charge in [0.15, 0.2) is 5.78 Å². The van der Waals surface area contributed by atoms with Gasteiger partial charge in [0.1, 0.15) is 5.82 Å². The molecule has 0 heterocycles. The number of halogens is 2. The summed E-state index contributed by atoms with van der Waals surface area (Å²) in [6, 6.07) is 14.3. The third-order valence-corrected chi connectivity index (χ3v) is 5.77. The molecule has 0 aliphatic rings. The van der Waals surface area contributed by atoms with E-state index in [1.807, 2.05) is 12.1 Å². The van der Waals surface area contributed by atoms with Crippen LogP contribution in [0.3, 0.4) is 0 Å². The first kappa shape index (κ1) is 24.4. The molecule has 0 amide bonds. The highest BCUT2D eigenvalue weighted by atomic mass is 35.5. The molecular formula is C25H34ClFN2O. The molecule has 0 radical (unpaired) electrons. The number of hydrogen-bond donors (Lipinski definition) is 0. The van der Waals surface area contributed by atoms with Gasteiger partial charge < -0.3 is 9.80 Å². The second-order valence-electron chi connectivity index (χ2n) is 7.63. The van der Waals surface area contributed by atoms with Crippen molar-refractivity contribution >= 4 is 23.1 Å². The Morgan fingerprint density at radius 3 is 2.23 bits per heavy atom. The third-order valence-electron chi connectivity index (χ3n) is 5.52. The molecule has 0 N–H and O–H groups in total. The van der Waals surface area contributed by atoms with Crippen LogP contribution in [-0.2, 0) is 0 Å². The smallest absolute Gasteiger partial charge is 0.162 e. The first-order valence-corrected chi connectivity index (χ1v) is 11.4. The minimum Gasteiger partial charge on any atom is -0.368 e. The standard InChI is InChI=1S/C25H34ClFN2O/c1-4-8-24(29(6-3)23-16-12-21(26)13-17-23)19-28(5-2)18-7-9-25(30)20-10-14-22(27)15-11-20/h10-17,24H,4-9,18-19H2,1-3H3. The lowest BCUT2D eigenvalue weighted by Crippen LogP contribution is -2.44. The summed E-state index contributed by atoms with van der Waals surface area (Å²) >= 11 is 6.07. The van der Waals surface area contributed by atoms with Crippen LogP contribution in [0, 0.1) is 5.82 Å². The van der Waals surface area contributed by atoms with Gasteiger partial charge in [0, 0.05) is 41.8 Å². The summed E-state index contributed by atoms with van der Waals surface area (Å²) in [5.74, 6) is -0.237. The molecule has 1 atom stereocenters. The van der Waals surface area contributed by atoms with Crippen LogP contribution in [0.4, 0.5) is 10.1 Å². The maximum absolute atomic E-state index is 13.0. The lowest BCUT2D eigenvalue weighted by atomic mass is 10.1. The molecule has 0 spiro atoms. The zero-order valence-electron chi connectivity index (χ0n) is 18.4. The molecule has 3 nitrogen and oxygen atoms in total. The van der Waals surface area contributed by atoms with Gasteiger partial charge in [-0.2, -0.15) is 0 Å². The summed E-state index contributed by atoms with van der Waals surface area (Å²) in [7, 11) is 0. The van der Waals surface area contributed by atoms with Gasteiger partial charge in [-0.25, -0.2) is 4.39 Å². The molecule has 0 saturated carbocycles. The van der Waals surface area contributed by atoms with Crippen LogP contribution in [0.5, 0.6) is 0 Å². The number of benzene rings is 2. The highest BCUT2D eigenvalue weighted by Crippen LogP contribution is 2.22. The zero-order chi connectivity index (χ0) is 21.9. The Bertz CT molecular complexity index is 764. The molecule has 2 aromatic rings. The SMILES string of the molecule is CCCC(CN(CC)CCCC(=O)c1ccc(F)cc1)N(CC)c1ccc(Cl)cc1. The van der Waals surface area contributed by atoms with Crippen molar-refractivity contribution in [2.75, 3.05) is 31.1 Å². The number of likely N-dealkylation sites (N-methyl/N-ethyl adjacent to an activating group) is 2. The number of Topliss-reactive ketones (excluding diaryl/α,β-unsaturated/α-hetero) is 1. The fraction of sp³-hybridized carbons (Fsp3) is 0.480. The topological polar surface area (TPSA) is 23.6 Å². The van der Waals surface area contributed by atoms with Crippen molar-refractivity contribution in [2.45, 2.75) is 52.5 Å². The zero-order valence-corrected chi connectivity index (χ0v) is 19.2. The first-order valence-electron chi connectivity index (χ1n) is 11.0. The predicted molar refractivity (Wildman–Crippen MR) is 125 cm³/mol. The third kappa shape index (κ3) is 7.41. The van der Waals surface area contributed by atoms with E-state index in [0.717, 1.165) is 50.5 Å². The summed E-state index contributed by atoms with van der Waals surface area (Å²) < 4.78 is 13.0. The van der Waals surface area contributed by atoms with Crippen LogP contribution in [0.1, 0.15) is 56.8 Å². The van der Waals surface area contributed by atoms with Crippen molar-refractivity contribution in [2.24, 2.45) is 0 Å². The number of rotatable bonds is 13. The van der Waals surface area contributed by atoms with Crippen LogP contribution in [0.2, 0.25) is 5.02 Å². The van der Waals surface area contributed by atoms with Crippen molar-refractivity contribution in [3.05, 3.63) is 64.9 Å². The average molecular weight is 433 g/mol. The van der Waals surface area contributed by atoms with Gasteiger partial charge in [-0.1, -0.05) is 31.9 Å². The Morgan fingerprint density at radius 2 is 1.67 bits per heavy atom. The molecule has 1 unspecified atom stereocenters. The van der Waals surface area contributed by atoms with E-state index in [1.54, 1.807) is 12.1 Å². The molecule has 30 heavy (non-hydrogen) atoms. The highest BCUT2D eigenvalue weighted by molar-refractivity contribution is 6.30. The van der Waals surface area contributed by atoms with E-state index in [2.05, 4.69) is 42.7 Å². The number of carbonyl (C=O) groups excluding carboxylic acids is 1. The Morgan fingerprint density at radius 1 is 1.00 bits per heavy atom. The predicted octanol–water partition coefficient (Wildman–Crippen LogP) is 6.46. The molecule has 0 fully saturated rings. The van der Waals surface area contributed by atoms with Crippen LogP contribution in [0.15, 0.2) is 48.5 Å². The molecule has 5 heteroatoms. The van der Waals surface area contributed by atoms with E-state index in [-0.39, 0.29) is 11.6 Å². The molecule has 164 valence electrons. The van der Waals surface area contributed by atoms with Crippen LogP contribution >= 0.6 is 11.6 Å². The molecule has 0 aromatic heterocycles. The first-order chi connectivity index (χ1) is 14.5. The summed E-state index contributed by atoms with van der Waals surface area (Å²) in [6.45, 7) is 10.3. The van der Waals surface area contributed by atoms with Crippen LogP contribution in [0.25, 0.3) is 0 Å². The van der Waals surface area contributed by atoms with Crippen LogP contribution in [-0.4, -0.2) is 42.9 Å². The fourth-order valence-electron chi connectivity index (χ4n) is 3.88. The fourth-order valence-corrected chi connectivity index (χ4v) is 4.01. The maximum Gasteiger partial charge on any atom is 0.162 e. The average Bonchev–Trinajstić information content (AvgIpc) is 2.75. The minimum atomic E-state index is -0.313. The van der Waals surface area contributed by atoms with Gasteiger partial charge >= 0.3 is 0 Å². The number of ketones is 1. The Kier molecular flexibility index (Phi) is 10.3. The molecule has 2 rings (SSSR count). The lowest BCUT2D eigenvalue weighted by molar-refractivity contribution is 0.0974. The van der Waals surface area contributed by atoms with E-state index in [1.165, 1.54) is 17.8 Å². The van der Waals surface area contributed by atoms with Crippen molar-refractivity contribution < 1.29 is 9.18 Å². The summed E-state index contributed by atoms with van der Waals surface area (Å²) in [6.07, 6.45) is 3.52. The molecule has 0 aliphatic heterocycles. The van der Waals surface area contributed by atoms with Crippen molar-refractivity contribution in [3.63, 3.8) is 0 Å². The van der Waals surface area contributed by atoms with Gasteiger partial charge in [0.2, 0.25) is 0 Å². The molecular weight excluding hydrogens is 399 g/mol. The lowest BCUT2D eigenvalue weighted by Gasteiger charge is -2.36. The number of hydrogen-bond acceptors (Lipinski definition) is 3. The highest BCUT2D eigenvalue weighted by Gasteiger charge is 2.20. The van der Waals surface area contributed by atoms with Gasteiger partial charge in [0.05, 0.1) is 0 Å². The molecule has 0 aliphatic carbocycles. The molecule has 0 saturated heterocycles. The van der Waals surface area contributed by atoms with Gasteiger partial charge in [-0.15, -0.1) is 0 Å². The van der Waals surface area contributed by atoms with E-state index < -0.39 is 0 Å². The number of nitrogens with zero attached hydrogens (tertiary/aromatic N) is 2. The Labute approximate surface area is 185 Å². The number of carbonyl (C=O) groups is 1. The van der Waals surface area contributed by atoms with Gasteiger partial charge in [-0.05, 0) is 81.4 Å². The van der Waals surface area contributed by atoms with E-state index in [4.69, 9.17) is 11.6 Å². The monoisotopic (exact) mass is 432 g/mol. The summed E-state index contributed by atoms with van der Waals surface area (Å²) in [5.41, 5.74) is 1.78. The van der Waals surface area contributed by atoms with Gasteiger partial charge in [0.25, 0.3) is 0 Å². The Hall–Kier alpha value is -1.91. The van der Waals surface area contributed by atoms with Crippen molar-refractivity contribution in [1.29, 1.82) is 0 Å². The normalized spacial score (nSPS) is 12.2. The van der Waals surface area contributed by atoms with E-state index >= 15 is 0 Å². The second-order valence-corrected chi connectivity index (χ2v) is 8.07. The molecule has 0 bridgehead atoms. The maximum atomic E-state index is 13.0. The summed E-state index contributed by atoms with van der Waals surface area (Å²) in [5, 5.41) is 0.753. The van der Waals surface area contributed by atoms with E-state index in [9.17, 15) is 9.18 Å². The van der Waals surface area contributed by atoms with Crippen LogP contribution < -0.4 is 4.90 Å². The van der Waals surface area contributed by atoms with Crippen molar-refractivity contribution in [3.8, 4) is 0 Å². The minimum absolute atomic E-state index is 0.0764. The number of anilines is 1. The quantitative estimate of drug-likeness (QED) is 0.339. The van der Waals surface area contributed by atoms with Crippen molar-refractivity contribution in [1.82, 2.24) is 4.90 Å². The largest absolute Gasteiger partial charge is 0.368 e. The van der Waals surface area contributed by atoms with Gasteiger partial charge in [-0.3, -0.25) is 4.79 Å². The second kappa shape index (κ2) is 12.7. The Balaban J connectivity index is 1.95.